The summed E-state index contributed by atoms with van der Waals surface area (Å²) in [5.41, 5.74) is 4.87. The zero-order chi connectivity index (χ0) is 19.4. The lowest BCUT2D eigenvalue weighted by molar-refractivity contribution is 0.102. The van der Waals surface area contributed by atoms with Gasteiger partial charge in [0.05, 0.1) is 10.7 Å². The van der Waals surface area contributed by atoms with Gasteiger partial charge in [0.25, 0.3) is 5.91 Å². The summed E-state index contributed by atoms with van der Waals surface area (Å²) in [7, 11) is 1.82. The molecule has 2 aromatic carbocycles. The number of anilines is 2. The van der Waals surface area contributed by atoms with E-state index < -0.39 is 0 Å². The molecule has 0 spiro atoms. The SMILES string of the molecule is CNc1cccc(-c2cccc(NC(=O)c3ccc(C=O)cn3)c2C)c1Cl. The van der Waals surface area contributed by atoms with Gasteiger partial charge in [0.1, 0.15) is 5.69 Å². The van der Waals surface area contributed by atoms with Crippen molar-refractivity contribution < 1.29 is 9.59 Å². The molecule has 3 rings (SSSR count). The number of hydrogen-bond donors (Lipinski definition) is 2. The number of benzene rings is 2. The minimum Gasteiger partial charge on any atom is -0.387 e. The van der Waals surface area contributed by atoms with E-state index in [1.165, 1.54) is 12.3 Å². The number of amides is 1. The standard InChI is InChI=1S/C21H18ClN3O2/c1-13-15(16-6-4-8-18(23-2)20(16)22)5-3-7-17(13)25-21(27)19-10-9-14(12-26)11-24-19/h3-12,23H,1-2H3,(H,25,27). The van der Waals surface area contributed by atoms with Crippen LogP contribution >= 0.6 is 11.6 Å². The summed E-state index contributed by atoms with van der Waals surface area (Å²) >= 11 is 6.51. The number of nitrogens with one attached hydrogen (secondary N) is 2. The van der Waals surface area contributed by atoms with Crippen molar-refractivity contribution in [3.05, 3.63) is 76.6 Å². The molecule has 1 heterocycles. The van der Waals surface area contributed by atoms with Crippen molar-refractivity contribution in [2.24, 2.45) is 0 Å². The second-order valence-corrected chi connectivity index (χ2v) is 6.32. The van der Waals surface area contributed by atoms with E-state index in [-0.39, 0.29) is 11.6 Å². The molecule has 0 unspecified atom stereocenters. The highest BCUT2D eigenvalue weighted by Gasteiger charge is 2.14. The molecular weight excluding hydrogens is 362 g/mol. The summed E-state index contributed by atoms with van der Waals surface area (Å²) < 4.78 is 0. The fourth-order valence-electron chi connectivity index (χ4n) is 2.79. The summed E-state index contributed by atoms with van der Waals surface area (Å²) in [6, 6.07) is 14.5. The Kier molecular flexibility index (Phi) is 5.52. The first-order valence-electron chi connectivity index (χ1n) is 8.34. The summed E-state index contributed by atoms with van der Waals surface area (Å²) in [6.45, 7) is 1.93. The predicted molar refractivity (Wildman–Crippen MR) is 109 cm³/mol. The van der Waals surface area contributed by atoms with Gasteiger partial charge in [-0.05, 0) is 42.3 Å². The van der Waals surface area contributed by atoms with Crippen LogP contribution in [0, 0.1) is 6.92 Å². The molecule has 2 N–H and O–H groups in total. The molecule has 0 bridgehead atoms. The Hall–Kier alpha value is -3.18. The summed E-state index contributed by atoms with van der Waals surface area (Å²) in [5.74, 6) is -0.345. The minimum atomic E-state index is -0.345. The first kappa shape index (κ1) is 18.6. The van der Waals surface area contributed by atoms with Crippen LogP contribution in [0.2, 0.25) is 5.02 Å². The lowest BCUT2D eigenvalue weighted by Crippen LogP contribution is -2.14. The Morgan fingerprint density at radius 3 is 2.37 bits per heavy atom. The van der Waals surface area contributed by atoms with Gasteiger partial charge in [0.2, 0.25) is 0 Å². The van der Waals surface area contributed by atoms with Gasteiger partial charge < -0.3 is 10.6 Å². The third kappa shape index (κ3) is 3.83. The van der Waals surface area contributed by atoms with E-state index in [2.05, 4.69) is 15.6 Å². The van der Waals surface area contributed by atoms with Gasteiger partial charge in [0, 0.05) is 30.1 Å². The van der Waals surface area contributed by atoms with Crippen LogP contribution in [0.15, 0.2) is 54.7 Å². The Morgan fingerprint density at radius 2 is 1.74 bits per heavy atom. The molecule has 5 nitrogen and oxygen atoms in total. The number of halogens is 1. The van der Waals surface area contributed by atoms with Gasteiger partial charge in [-0.1, -0.05) is 35.9 Å². The molecule has 0 saturated heterocycles. The van der Waals surface area contributed by atoms with Crippen molar-refractivity contribution in [1.82, 2.24) is 4.98 Å². The molecule has 0 fully saturated rings. The van der Waals surface area contributed by atoms with E-state index >= 15 is 0 Å². The Morgan fingerprint density at radius 1 is 1.04 bits per heavy atom. The molecule has 27 heavy (non-hydrogen) atoms. The molecule has 0 aliphatic rings. The van der Waals surface area contributed by atoms with Crippen LogP contribution in [-0.2, 0) is 0 Å². The maximum absolute atomic E-state index is 12.5. The van der Waals surface area contributed by atoms with Crippen LogP contribution in [0.4, 0.5) is 11.4 Å². The zero-order valence-corrected chi connectivity index (χ0v) is 15.7. The molecule has 0 aliphatic heterocycles. The molecule has 0 atom stereocenters. The van der Waals surface area contributed by atoms with E-state index in [9.17, 15) is 9.59 Å². The van der Waals surface area contributed by atoms with Crippen LogP contribution in [0.5, 0.6) is 0 Å². The summed E-state index contributed by atoms with van der Waals surface area (Å²) in [5, 5.41) is 6.56. The Balaban J connectivity index is 1.93. The third-order valence-electron chi connectivity index (χ3n) is 4.30. The van der Waals surface area contributed by atoms with Crippen molar-refractivity contribution in [3.63, 3.8) is 0 Å². The lowest BCUT2D eigenvalue weighted by atomic mass is 9.98. The average molecular weight is 380 g/mol. The minimum absolute atomic E-state index is 0.237. The molecular formula is C21H18ClN3O2. The van der Waals surface area contributed by atoms with Crippen LogP contribution in [0.1, 0.15) is 26.4 Å². The molecule has 1 amide bonds. The summed E-state index contributed by atoms with van der Waals surface area (Å²) in [6.07, 6.45) is 2.06. The third-order valence-corrected chi connectivity index (χ3v) is 4.70. The van der Waals surface area contributed by atoms with Crippen LogP contribution in [-0.4, -0.2) is 24.2 Å². The molecule has 6 heteroatoms. The number of aromatic nitrogens is 1. The summed E-state index contributed by atoms with van der Waals surface area (Å²) in [4.78, 5) is 27.2. The highest BCUT2D eigenvalue weighted by Crippen LogP contribution is 2.37. The Labute approximate surface area is 162 Å². The van der Waals surface area contributed by atoms with Crippen LogP contribution < -0.4 is 10.6 Å². The first-order chi connectivity index (χ1) is 13.0. The largest absolute Gasteiger partial charge is 0.387 e. The fourth-order valence-corrected chi connectivity index (χ4v) is 3.11. The van der Waals surface area contributed by atoms with Gasteiger partial charge >= 0.3 is 0 Å². The van der Waals surface area contributed by atoms with E-state index in [4.69, 9.17) is 11.6 Å². The average Bonchev–Trinajstić information content (AvgIpc) is 2.70. The zero-order valence-electron chi connectivity index (χ0n) is 14.9. The van der Waals surface area contributed by atoms with Crippen molar-refractivity contribution in [3.8, 4) is 11.1 Å². The molecule has 0 aliphatic carbocycles. The quantitative estimate of drug-likeness (QED) is 0.623. The molecule has 1 aromatic heterocycles. The number of rotatable bonds is 5. The van der Waals surface area contributed by atoms with Crippen molar-refractivity contribution in [1.29, 1.82) is 0 Å². The topological polar surface area (TPSA) is 71.1 Å². The second kappa shape index (κ2) is 8.01. The number of nitrogens with zero attached hydrogens (tertiary/aromatic N) is 1. The fraction of sp³-hybridized carbons (Fsp3) is 0.0952. The number of carbonyl (C=O) groups excluding carboxylic acids is 2. The smallest absolute Gasteiger partial charge is 0.274 e. The number of pyridine rings is 1. The van der Waals surface area contributed by atoms with Crippen molar-refractivity contribution in [2.75, 3.05) is 17.7 Å². The van der Waals surface area contributed by atoms with Gasteiger partial charge in [-0.25, -0.2) is 0 Å². The Bertz CT molecular complexity index is 1000. The second-order valence-electron chi connectivity index (χ2n) is 5.94. The van der Waals surface area contributed by atoms with Gasteiger partial charge in [-0.15, -0.1) is 0 Å². The molecule has 0 radical (unpaired) electrons. The lowest BCUT2D eigenvalue weighted by Gasteiger charge is -2.15. The highest BCUT2D eigenvalue weighted by molar-refractivity contribution is 6.36. The molecule has 3 aromatic rings. The maximum Gasteiger partial charge on any atom is 0.274 e. The van der Waals surface area contributed by atoms with Gasteiger partial charge in [0.15, 0.2) is 6.29 Å². The van der Waals surface area contributed by atoms with E-state index in [0.29, 0.717) is 22.6 Å². The van der Waals surface area contributed by atoms with Gasteiger partial charge in [-0.3, -0.25) is 14.6 Å². The predicted octanol–water partition coefficient (Wildman–Crippen LogP) is 4.82. The number of hydrogen-bond acceptors (Lipinski definition) is 4. The van der Waals surface area contributed by atoms with E-state index in [0.717, 1.165) is 22.4 Å². The van der Waals surface area contributed by atoms with E-state index in [1.807, 2.05) is 50.4 Å². The highest BCUT2D eigenvalue weighted by atomic mass is 35.5. The number of aldehydes is 1. The first-order valence-corrected chi connectivity index (χ1v) is 8.71. The maximum atomic E-state index is 12.5. The molecule has 0 saturated carbocycles. The van der Waals surface area contributed by atoms with Crippen LogP contribution in [0.25, 0.3) is 11.1 Å². The van der Waals surface area contributed by atoms with Crippen molar-refractivity contribution in [2.45, 2.75) is 6.92 Å². The molecule has 136 valence electrons. The monoisotopic (exact) mass is 379 g/mol. The van der Waals surface area contributed by atoms with Crippen molar-refractivity contribution >= 4 is 35.2 Å². The normalized spacial score (nSPS) is 10.3. The van der Waals surface area contributed by atoms with Gasteiger partial charge in [-0.2, -0.15) is 0 Å². The van der Waals surface area contributed by atoms with E-state index in [1.54, 1.807) is 6.07 Å². The number of carbonyl (C=O) groups is 2. The van der Waals surface area contributed by atoms with Crippen LogP contribution in [0.3, 0.4) is 0 Å².